The van der Waals surface area contributed by atoms with Gasteiger partial charge in [-0.25, -0.2) is 17.8 Å². The van der Waals surface area contributed by atoms with Gasteiger partial charge in [0.15, 0.2) is 0 Å². The second-order valence-corrected chi connectivity index (χ2v) is 6.30. The smallest absolute Gasteiger partial charge is 0.264 e. The van der Waals surface area contributed by atoms with E-state index in [9.17, 15) is 12.8 Å². The van der Waals surface area contributed by atoms with Crippen LogP contribution in [0.4, 0.5) is 9.52 Å². The summed E-state index contributed by atoms with van der Waals surface area (Å²) in [7, 11) is -3.93. The molecule has 0 amide bonds. The predicted molar refractivity (Wildman–Crippen MR) is 77.8 cm³/mol. The van der Waals surface area contributed by atoms with Gasteiger partial charge in [0, 0.05) is 17.1 Å². The number of hydrogen-bond donors (Lipinski definition) is 2. The monoisotopic (exact) mass is 326 g/mol. The predicted octanol–water partition coefficient (Wildman–Crippen LogP) is 1.10. The highest BCUT2D eigenvalue weighted by molar-refractivity contribution is 7.93. The van der Waals surface area contributed by atoms with Crippen LogP contribution in [0.2, 0.25) is 0 Å². The molecule has 0 unspecified atom stereocenters. The Bertz CT molecular complexity index is 821. The Morgan fingerprint density at radius 1 is 1.48 bits per heavy atom. The Morgan fingerprint density at radius 2 is 2.24 bits per heavy atom. The van der Waals surface area contributed by atoms with Crippen LogP contribution in [0.1, 0.15) is 11.4 Å². The second kappa shape index (κ2) is 6.17. The van der Waals surface area contributed by atoms with Crippen LogP contribution in [-0.2, 0) is 10.0 Å². The normalized spacial score (nSPS) is 10.8. The fourth-order valence-corrected chi connectivity index (χ4v) is 3.43. The Labute approximate surface area is 125 Å². The summed E-state index contributed by atoms with van der Waals surface area (Å²) in [5.74, 6) is 4.93. The van der Waals surface area contributed by atoms with Crippen LogP contribution >= 0.6 is 11.5 Å². The lowest BCUT2D eigenvalue weighted by atomic mass is 10.2. The first kappa shape index (κ1) is 15.4. The Hall–Kier alpha value is -2.02. The van der Waals surface area contributed by atoms with Gasteiger partial charge in [-0.15, -0.1) is 0 Å². The highest BCUT2D eigenvalue weighted by Gasteiger charge is 2.20. The van der Waals surface area contributed by atoms with E-state index in [1.807, 2.05) is 0 Å². The van der Waals surface area contributed by atoms with Crippen molar-refractivity contribution >= 4 is 26.7 Å². The second-order valence-electron chi connectivity index (χ2n) is 3.90. The van der Waals surface area contributed by atoms with Gasteiger partial charge in [0.25, 0.3) is 10.0 Å². The third-order valence-corrected chi connectivity index (χ3v) is 4.55. The van der Waals surface area contributed by atoms with Crippen LogP contribution in [-0.4, -0.2) is 24.3 Å². The SMILES string of the molecule is Cc1nsc(NS(=O)(=O)c2ccc(F)cc2C#CCN)n1. The van der Waals surface area contributed by atoms with Crippen molar-refractivity contribution in [2.45, 2.75) is 11.8 Å². The number of sulfonamides is 1. The largest absolute Gasteiger partial charge is 0.320 e. The van der Waals surface area contributed by atoms with E-state index in [1.165, 1.54) is 0 Å². The minimum Gasteiger partial charge on any atom is -0.320 e. The average molecular weight is 326 g/mol. The number of anilines is 1. The van der Waals surface area contributed by atoms with E-state index < -0.39 is 15.8 Å². The lowest BCUT2D eigenvalue weighted by Gasteiger charge is -2.07. The molecule has 0 radical (unpaired) electrons. The lowest BCUT2D eigenvalue weighted by Crippen LogP contribution is -2.14. The minimum absolute atomic E-state index is 0.0363. The first-order chi connectivity index (χ1) is 9.92. The van der Waals surface area contributed by atoms with Gasteiger partial charge in [0.1, 0.15) is 16.5 Å². The van der Waals surface area contributed by atoms with E-state index in [4.69, 9.17) is 5.73 Å². The van der Waals surface area contributed by atoms with Crippen LogP contribution < -0.4 is 10.5 Å². The molecule has 0 aliphatic rings. The first-order valence-electron chi connectivity index (χ1n) is 5.74. The Morgan fingerprint density at radius 3 is 2.86 bits per heavy atom. The molecule has 1 aromatic heterocycles. The maximum atomic E-state index is 13.3. The number of nitrogens with two attached hydrogens (primary N) is 1. The minimum atomic E-state index is -3.93. The van der Waals surface area contributed by atoms with Crippen molar-refractivity contribution in [3.63, 3.8) is 0 Å². The molecule has 0 saturated carbocycles. The molecule has 2 aromatic rings. The molecule has 0 bridgehead atoms. The summed E-state index contributed by atoms with van der Waals surface area (Å²) in [5.41, 5.74) is 5.29. The fraction of sp³-hybridized carbons (Fsp3) is 0.167. The van der Waals surface area contributed by atoms with Crippen molar-refractivity contribution in [1.82, 2.24) is 9.36 Å². The van der Waals surface area contributed by atoms with Crippen LogP contribution in [0, 0.1) is 24.6 Å². The lowest BCUT2D eigenvalue weighted by molar-refractivity contribution is 0.599. The average Bonchev–Trinajstić information content (AvgIpc) is 2.80. The van der Waals surface area contributed by atoms with Gasteiger partial charge in [-0.3, -0.25) is 4.72 Å². The molecular formula is C12H11FN4O2S2. The molecule has 2 rings (SSSR count). The van der Waals surface area contributed by atoms with E-state index in [0.717, 1.165) is 29.7 Å². The molecule has 3 N–H and O–H groups in total. The zero-order chi connectivity index (χ0) is 15.5. The van der Waals surface area contributed by atoms with Crippen molar-refractivity contribution in [2.24, 2.45) is 5.73 Å². The Balaban J connectivity index is 2.44. The summed E-state index contributed by atoms with van der Waals surface area (Å²) >= 11 is 0.916. The molecular weight excluding hydrogens is 315 g/mol. The third-order valence-electron chi connectivity index (χ3n) is 2.31. The molecule has 9 heteroatoms. The van der Waals surface area contributed by atoms with Crippen molar-refractivity contribution in [3.8, 4) is 11.8 Å². The maximum Gasteiger partial charge on any atom is 0.264 e. The van der Waals surface area contributed by atoms with Crippen molar-refractivity contribution in [3.05, 3.63) is 35.4 Å². The van der Waals surface area contributed by atoms with Crippen LogP contribution in [0.15, 0.2) is 23.1 Å². The van der Waals surface area contributed by atoms with Gasteiger partial charge in [-0.05, 0) is 25.1 Å². The van der Waals surface area contributed by atoms with Gasteiger partial charge in [-0.2, -0.15) is 4.37 Å². The van der Waals surface area contributed by atoms with Gasteiger partial charge in [0.2, 0.25) is 5.13 Å². The highest BCUT2D eigenvalue weighted by atomic mass is 32.2. The van der Waals surface area contributed by atoms with Crippen molar-refractivity contribution < 1.29 is 12.8 Å². The van der Waals surface area contributed by atoms with Crippen LogP contribution in [0.3, 0.4) is 0 Å². The first-order valence-corrected chi connectivity index (χ1v) is 7.99. The maximum absolute atomic E-state index is 13.3. The van der Waals surface area contributed by atoms with Gasteiger partial charge < -0.3 is 5.73 Å². The zero-order valence-electron chi connectivity index (χ0n) is 10.9. The third kappa shape index (κ3) is 3.75. The molecule has 6 nitrogen and oxygen atoms in total. The molecule has 21 heavy (non-hydrogen) atoms. The molecule has 1 aromatic carbocycles. The van der Waals surface area contributed by atoms with E-state index in [-0.39, 0.29) is 22.1 Å². The van der Waals surface area contributed by atoms with Crippen LogP contribution in [0.25, 0.3) is 0 Å². The molecule has 1 heterocycles. The van der Waals surface area contributed by atoms with Gasteiger partial charge in [0.05, 0.1) is 6.54 Å². The number of hydrogen-bond acceptors (Lipinski definition) is 6. The van der Waals surface area contributed by atoms with Crippen molar-refractivity contribution in [2.75, 3.05) is 11.3 Å². The quantitative estimate of drug-likeness (QED) is 0.823. The number of aryl methyl sites for hydroxylation is 1. The summed E-state index contributed by atoms with van der Waals surface area (Å²) in [6, 6.07) is 3.24. The molecule has 0 atom stereocenters. The molecule has 0 fully saturated rings. The fourth-order valence-electron chi connectivity index (χ4n) is 1.49. The van der Waals surface area contributed by atoms with Gasteiger partial charge in [-0.1, -0.05) is 11.8 Å². The van der Waals surface area contributed by atoms with E-state index in [1.54, 1.807) is 6.92 Å². The highest BCUT2D eigenvalue weighted by Crippen LogP contribution is 2.21. The molecule has 0 aliphatic heterocycles. The molecule has 0 saturated heterocycles. The molecule has 0 spiro atoms. The summed E-state index contributed by atoms with van der Waals surface area (Å²) in [6.45, 7) is 1.68. The van der Waals surface area contributed by atoms with E-state index in [0.29, 0.717) is 5.82 Å². The summed E-state index contributed by atoms with van der Waals surface area (Å²) in [6.07, 6.45) is 0. The number of rotatable bonds is 3. The number of halogens is 1. The summed E-state index contributed by atoms with van der Waals surface area (Å²) < 4.78 is 44.1. The Kier molecular flexibility index (Phi) is 4.52. The summed E-state index contributed by atoms with van der Waals surface area (Å²) in [4.78, 5) is 3.78. The topological polar surface area (TPSA) is 98.0 Å². The molecule has 0 aliphatic carbocycles. The number of aromatic nitrogens is 2. The standard InChI is InChI=1S/C12H11FN4O2S2/c1-8-15-12(20-16-8)17-21(18,19)11-5-4-10(13)7-9(11)3-2-6-14/h4-5,7H,6,14H2,1H3,(H,15,16,17). The number of benzene rings is 1. The van der Waals surface area contributed by atoms with E-state index >= 15 is 0 Å². The van der Waals surface area contributed by atoms with Crippen LogP contribution in [0.5, 0.6) is 0 Å². The van der Waals surface area contributed by atoms with Gasteiger partial charge >= 0.3 is 0 Å². The zero-order valence-corrected chi connectivity index (χ0v) is 12.6. The van der Waals surface area contributed by atoms with Crippen molar-refractivity contribution in [1.29, 1.82) is 0 Å². The number of nitrogens with zero attached hydrogens (tertiary/aromatic N) is 2. The summed E-state index contributed by atoms with van der Waals surface area (Å²) in [5, 5.41) is 0.134. The molecule has 110 valence electrons. The van der Waals surface area contributed by atoms with E-state index in [2.05, 4.69) is 25.9 Å². The number of nitrogens with one attached hydrogen (secondary N) is 1.